The van der Waals surface area contributed by atoms with Gasteiger partial charge in [-0.05, 0) is 42.8 Å². The topological polar surface area (TPSA) is 72.2 Å². The standard InChI is InChI=1S/C13H14N2O2S/c1-10-9-11(7-8-13(10)14)15-18(16,17)12-5-3-2-4-6-12/h2-9,15H,14H2,1H3. The van der Waals surface area contributed by atoms with Crippen LogP contribution in [0.15, 0.2) is 53.4 Å². The van der Waals surface area contributed by atoms with Gasteiger partial charge in [-0.25, -0.2) is 8.42 Å². The van der Waals surface area contributed by atoms with Gasteiger partial charge in [-0.15, -0.1) is 0 Å². The zero-order valence-electron chi connectivity index (χ0n) is 9.92. The Hall–Kier alpha value is -2.01. The monoisotopic (exact) mass is 262 g/mol. The molecule has 2 aromatic carbocycles. The first-order valence-corrected chi connectivity index (χ1v) is 6.91. The van der Waals surface area contributed by atoms with E-state index < -0.39 is 10.0 Å². The summed E-state index contributed by atoms with van der Waals surface area (Å²) in [5.74, 6) is 0. The third-order valence-corrected chi connectivity index (χ3v) is 3.97. The number of sulfonamides is 1. The number of benzene rings is 2. The minimum Gasteiger partial charge on any atom is -0.399 e. The number of hydrogen-bond donors (Lipinski definition) is 2. The number of aryl methyl sites for hydroxylation is 1. The van der Waals surface area contributed by atoms with Crippen LogP contribution >= 0.6 is 0 Å². The second-order valence-electron chi connectivity index (χ2n) is 3.99. The summed E-state index contributed by atoms with van der Waals surface area (Å²) >= 11 is 0. The summed E-state index contributed by atoms with van der Waals surface area (Å²) in [5, 5.41) is 0. The molecule has 2 aromatic rings. The van der Waals surface area contributed by atoms with Crippen molar-refractivity contribution in [1.29, 1.82) is 0 Å². The van der Waals surface area contributed by atoms with Crippen LogP contribution in [0.5, 0.6) is 0 Å². The van der Waals surface area contributed by atoms with Gasteiger partial charge in [0.05, 0.1) is 4.90 Å². The lowest BCUT2D eigenvalue weighted by Gasteiger charge is -2.09. The lowest BCUT2D eigenvalue weighted by atomic mass is 10.2. The number of nitrogens with one attached hydrogen (secondary N) is 1. The molecule has 0 spiro atoms. The molecule has 0 saturated heterocycles. The molecule has 3 N–H and O–H groups in total. The van der Waals surface area contributed by atoms with E-state index >= 15 is 0 Å². The van der Waals surface area contributed by atoms with Gasteiger partial charge in [0.2, 0.25) is 0 Å². The summed E-state index contributed by atoms with van der Waals surface area (Å²) in [6.07, 6.45) is 0. The summed E-state index contributed by atoms with van der Waals surface area (Å²) in [7, 11) is -3.53. The molecular weight excluding hydrogens is 248 g/mol. The third kappa shape index (κ3) is 2.62. The van der Waals surface area contributed by atoms with Crippen LogP contribution in [0.2, 0.25) is 0 Å². The summed E-state index contributed by atoms with van der Waals surface area (Å²) < 4.78 is 26.6. The lowest BCUT2D eigenvalue weighted by molar-refractivity contribution is 0.601. The zero-order chi connectivity index (χ0) is 13.2. The number of nitrogen functional groups attached to an aromatic ring is 1. The van der Waals surface area contributed by atoms with Crippen molar-refractivity contribution in [1.82, 2.24) is 0 Å². The highest BCUT2D eigenvalue weighted by Gasteiger charge is 2.13. The number of nitrogens with two attached hydrogens (primary N) is 1. The fourth-order valence-electron chi connectivity index (χ4n) is 1.55. The molecule has 2 rings (SSSR count). The molecule has 0 heterocycles. The molecule has 0 bridgehead atoms. The maximum absolute atomic E-state index is 12.1. The van der Waals surface area contributed by atoms with Gasteiger partial charge in [0.15, 0.2) is 0 Å². The molecule has 0 amide bonds. The van der Waals surface area contributed by atoms with E-state index in [0.29, 0.717) is 11.4 Å². The molecule has 4 nitrogen and oxygen atoms in total. The van der Waals surface area contributed by atoms with Gasteiger partial charge in [0.1, 0.15) is 0 Å². The quantitative estimate of drug-likeness (QED) is 0.834. The van der Waals surface area contributed by atoms with Crippen LogP contribution in [0, 0.1) is 6.92 Å². The van der Waals surface area contributed by atoms with E-state index in [-0.39, 0.29) is 4.90 Å². The zero-order valence-corrected chi connectivity index (χ0v) is 10.7. The largest absolute Gasteiger partial charge is 0.399 e. The molecule has 18 heavy (non-hydrogen) atoms. The smallest absolute Gasteiger partial charge is 0.261 e. The predicted octanol–water partition coefficient (Wildman–Crippen LogP) is 2.38. The van der Waals surface area contributed by atoms with Crippen molar-refractivity contribution in [3.8, 4) is 0 Å². The van der Waals surface area contributed by atoms with E-state index in [1.807, 2.05) is 6.92 Å². The third-order valence-electron chi connectivity index (χ3n) is 2.58. The van der Waals surface area contributed by atoms with E-state index in [0.717, 1.165) is 5.56 Å². The van der Waals surface area contributed by atoms with Crippen LogP contribution < -0.4 is 10.5 Å². The van der Waals surface area contributed by atoms with Crippen molar-refractivity contribution >= 4 is 21.4 Å². The van der Waals surface area contributed by atoms with Gasteiger partial charge in [0, 0.05) is 11.4 Å². The normalized spacial score (nSPS) is 11.2. The van der Waals surface area contributed by atoms with Crippen LogP contribution in [0.1, 0.15) is 5.56 Å². The SMILES string of the molecule is Cc1cc(NS(=O)(=O)c2ccccc2)ccc1N. The highest BCUT2D eigenvalue weighted by atomic mass is 32.2. The molecular formula is C13H14N2O2S. The van der Waals surface area contributed by atoms with Crippen LogP contribution in [0.25, 0.3) is 0 Å². The maximum atomic E-state index is 12.1. The summed E-state index contributed by atoms with van der Waals surface area (Å²) in [4.78, 5) is 0.236. The average Bonchev–Trinajstić information content (AvgIpc) is 2.35. The maximum Gasteiger partial charge on any atom is 0.261 e. The molecule has 5 heteroatoms. The Morgan fingerprint density at radius 1 is 1.06 bits per heavy atom. The van der Waals surface area contributed by atoms with Crippen molar-refractivity contribution < 1.29 is 8.42 Å². The molecule has 0 saturated carbocycles. The number of rotatable bonds is 3. The summed E-state index contributed by atoms with van der Waals surface area (Å²) in [5.41, 5.74) is 7.66. The summed E-state index contributed by atoms with van der Waals surface area (Å²) in [6, 6.07) is 13.3. The first-order chi connectivity index (χ1) is 8.49. The molecule has 0 aliphatic carbocycles. The minimum absolute atomic E-state index is 0.236. The first-order valence-electron chi connectivity index (χ1n) is 5.43. The van der Waals surface area contributed by atoms with Crippen molar-refractivity contribution in [3.05, 3.63) is 54.1 Å². The molecule has 0 radical (unpaired) electrons. The van der Waals surface area contributed by atoms with Gasteiger partial charge in [0.25, 0.3) is 10.0 Å². The van der Waals surface area contributed by atoms with Crippen LogP contribution in [-0.4, -0.2) is 8.42 Å². The van der Waals surface area contributed by atoms with Crippen LogP contribution in [0.4, 0.5) is 11.4 Å². The predicted molar refractivity (Wildman–Crippen MR) is 72.8 cm³/mol. The van der Waals surface area contributed by atoms with Crippen molar-refractivity contribution in [2.45, 2.75) is 11.8 Å². The van der Waals surface area contributed by atoms with Crippen molar-refractivity contribution in [2.24, 2.45) is 0 Å². The van der Waals surface area contributed by atoms with E-state index in [1.54, 1.807) is 48.5 Å². The first kappa shape index (κ1) is 12.4. The second kappa shape index (κ2) is 4.70. The fraction of sp³-hybridized carbons (Fsp3) is 0.0769. The van der Waals surface area contributed by atoms with Gasteiger partial charge in [-0.1, -0.05) is 18.2 Å². The molecule has 0 aliphatic heterocycles. The van der Waals surface area contributed by atoms with E-state index in [4.69, 9.17) is 5.73 Å². The molecule has 0 aliphatic rings. The van der Waals surface area contributed by atoms with Gasteiger partial charge >= 0.3 is 0 Å². The molecule has 0 aromatic heterocycles. The highest BCUT2D eigenvalue weighted by Crippen LogP contribution is 2.20. The van der Waals surface area contributed by atoms with Gasteiger partial charge in [-0.3, -0.25) is 4.72 Å². The average molecular weight is 262 g/mol. The number of hydrogen-bond acceptors (Lipinski definition) is 3. The number of anilines is 2. The molecule has 94 valence electrons. The Labute approximate surface area is 107 Å². The van der Waals surface area contributed by atoms with E-state index in [9.17, 15) is 8.42 Å². The summed E-state index contributed by atoms with van der Waals surface area (Å²) in [6.45, 7) is 1.83. The van der Waals surface area contributed by atoms with Gasteiger partial charge < -0.3 is 5.73 Å². The second-order valence-corrected chi connectivity index (χ2v) is 5.67. The van der Waals surface area contributed by atoms with Crippen LogP contribution in [0.3, 0.4) is 0 Å². The Morgan fingerprint density at radius 2 is 1.72 bits per heavy atom. The highest BCUT2D eigenvalue weighted by molar-refractivity contribution is 7.92. The Bertz CT molecular complexity index is 652. The lowest BCUT2D eigenvalue weighted by Crippen LogP contribution is -2.12. The molecule has 0 fully saturated rings. The Kier molecular flexibility index (Phi) is 3.25. The molecule has 0 unspecified atom stereocenters. The van der Waals surface area contributed by atoms with Crippen molar-refractivity contribution in [2.75, 3.05) is 10.5 Å². The van der Waals surface area contributed by atoms with Crippen LogP contribution in [-0.2, 0) is 10.0 Å². The van der Waals surface area contributed by atoms with Crippen molar-refractivity contribution in [3.63, 3.8) is 0 Å². The Morgan fingerprint density at radius 3 is 2.33 bits per heavy atom. The Balaban J connectivity index is 2.31. The minimum atomic E-state index is -3.53. The van der Waals surface area contributed by atoms with E-state index in [2.05, 4.69) is 4.72 Å². The fourth-order valence-corrected chi connectivity index (χ4v) is 2.62. The van der Waals surface area contributed by atoms with Gasteiger partial charge in [-0.2, -0.15) is 0 Å². The van der Waals surface area contributed by atoms with E-state index in [1.165, 1.54) is 0 Å². The molecule has 0 atom stereocenters.